The van der Waals surface area contributed by atoms with Crippen LogP contribution in [0.2, 0.25) is 0 Å². The fourth-order valence-corrected chi connectivity index (χ4v) is 1.74. The Balaban J connectivity index is 2.22. The smallest absolute Gasteiger partial charge is 0.255 e. The molecule has 0 aliphatic rings. The summed E-state index contributed by atoms with van der Waals surface area (Å²) in [7, 11) is 1.50. The third-order valence-electron chi connectivity index (χ3n) is 2.78. The number of nitrogen functional groups attached to an aromatic ring is 1. The van der Waals surface area contributed by atoms with E-state index in [0.29, 0.717) is 28.3 Å². The normalized spacial score (nSPS) is 9.60. The molecule has 0 bridgehead atoms. The molecule has 0 aliphatic heterocycles. The average Bonchev–Trinajstić information content (AvgIpc) is 2.47. The molecule has 3 N–H and O–H groups in total. The van der Waals surface area contributed by atoms with E-state index in [2.05, 4.69) is 11.2 Å². The molecule has 0 aliphatic carbocycles. The second-order valence-corrected chi connectivity index (χ2v) is 4.14. The summed E-state index contributed by atoms with van der Waals surface area (Å²) >= 11 is 0. The molecule has 1 amide bonds. The van der Waals surface area contributed by atoms with E-state index in [1.165, 1.54) is 7.11 Å². The topological polar surface area (TPSA) is 64.4 Å². The summed E-state index contributed by atoms with van der Waals surface area (Å²) in [4.78, 5) is 12.1. The fourth-order valence-electron chi connectivity index (χ4n) is 1.74. The van der Waals surface area contributed by atoms with Crippen LogP contribution in [0.15, 0.2) is 42.5 Å². The Morgan fingerprint density at radius 1 is 1.30 bits per heavy atom. The van der Waals surface area contributed by atoms with Crippen LogP contribution in [0.4, 0.5) is 11.4 Å². The quantitative estimate of drug-likeness (QED) is 0.662. The SMILES string of the molecule is C#Cc1cccc(NC(=O)c2ccc(N)c(OC)c2)c1. The molecular formula is C16H14N2O2. The van der Waals surface area contributed by atoms with Gasteiger partial charge in [-0.15, -0.1) is 6.42 Å². The number of nitrogens with two attached hydrogens (primary N) is 1. The summed E-state index contributed by atoms with van der Waals surface area (Å²) in [6.07, 6.45) is 5.32. The van der Waals surface area contributed by atoms with E-state index in [4.69, 9.17) is 16.9 Å². The van der Waals surface area contributed by atoms with E-state index in [0.717, 1.165) is 0 Å². The van der Waals surface area contributed by atoms with E-state index in [9.17, 15) is 4.79 Å². The highest BCUT2D eigenvalue weighted by molar-refractivity contribution is 6.04. The lowest BCUT2D eigenvalue weighted by Crippen LogP contribution is -2.12. The van der Waals surface area contributed by atoms with Crippen LogP contribution >= 0.6 is 0 Å². The Hall–Kier alpha value is -2.93. The van der Waals surface area contributed by atoms with Crippen molar-refractivity contribution in [3.05, 3.63) is 53.6 Å². The van der Waals surface area contributed by atoms with Crippen LogP contribution < -0.4 is 15.8 Å². The molecule has 100 valence electrons. The van der Waals surface area contributed by atoms with Gasteiger partial charge < -0.3 is 15.8 Å². The molecule has 0 aromatic heterocycles. The third kappa shape index (κ3) is 2.90. The molecular weight excluding hydrogens is 252 g/mol. The lowest BCUT2D eigenvalue weighted by atomic mass is 10.1. The standard InChI is InChI=1S/C16H14N2O2/c1-3-11-5-4-6-13(9-11)18-16(19)12-7-8-14(17)15(10-12)20-2/h1,4-10H,17H2,2H3,(H,18,19). The van der Waals surface area contributed by atoms with Crippen LogP contribution in [-0.2, 0) is 0 Å². The van der Waals surface area contributed by atoms with Crippen molar-refractivity contribution in [1.82, 2.24) is 0 Å². The number of nitrogens with one attached hydrogen (secondary N) is 1. The number of anilines is 2. The number of carbonyl (C=O) groups excluding carboxylic acids is 1. The second kappa shape index (κ2) is 5.81. The number of hydrogen-bond acceptors (Lipinski definition) is 3. The lowest BCUT2D eigenvalue weighted by Gasteiger charge is -2.08. The molecule has 4 heteroatoms. The summed E-state index contributed by atoms with van der Waals surface area (Å²) in [5.74, 6) is 2.73. The van der Waals surface area contributed by atoms with Gasteiger partial charge in [-0.25, -0.2) is 0 Å². The van der Waals surface area contributed by atoms with E-state index >= 15 is 0 Å². The second-order valence-electron chi connectivity index (χ2n) is 4.14. The van der Waals surface area contributed by atoms with Gasteiger partial charge in [-0.05, 0) is 36.4 Å². The summed E-state index contributed by atoms with van der Waals surface area (Å²) < 4.78 is 5.09. The monoisotopic (exact) mass is 266 g/mol. The first kappa shape index (κ1) is 13.5. The van der Waals surface area contributed by atoms with Gasteiger partial charge in [-0.2, -0.15) is 0 Å². The van der Waals surface area contributed by atoms with Crippen LogP contribution in [-0.4, -0.2) is 13.0 Å². The van der Waals surface area contributed by atoms with Crippen molar-refractivity contribution >= 4 is 17.3 Å². The van der Waals surface area contributed by atoms with Crippen molar-refractivity contribution < 1.29 is 9.53 Å². The number of ether oxygens (including phenoxy) is 1. The predicted molar refractivity (Wildman–Crippen MR) is 79.7 cm³/mol. The van der Waals surface area contributed by atoms with E-state index in [-0.39, 0.29) is 5.91 Å². The van der Waals surface area contributed by atoms with Gasteiger partial charge in [-0.3, -0.25) is 4.79 Å². The van der Waals surface area contributed by atoms with Crippen LogP contribution in [0.3, 0.4) is 0 Å². The fraction of sp³-hybridized carbons (Fsp3) is 0.0625. The molecule has 2 rings (SSSR count). The van der Waals surface area contributed by atoms with Crippen LogP contribution in [0.25, 0.3) is 0 Å². The molecule has 2 aromatic carbocycles. The maximum atomic E-state index is 12.1. The van der Waals surface area contributed by atoms with Crippen molar-refractivity contribution in [2.24, 2.45) is 0 Å². The molecule has 2 aromatic rings. The minimum absolute atomic E-state index is 0.252. The van der Waals surface area contributed by atoms with Gasteiger partial charge in [0, 0.05) is 16.8 Å². The Morgan fingerprint density at radius 2 is 2.10 bits per heavy atom. The number of terminal acetylenes is 1. The molecule has 0 saturated carbocycles. The van der Waals surface area contributed by atoms with Gasteiger partial charge in [-0.1, -0.05) is 12.0 Å². The Bertz CT molecular complexity index is 687. The third-order valence-corrected chi connectivity index (χ3v) is 2.78. The van der Waals surface area contributed by atoms with Gasteiger partial charge in [0.1, 0.15) is 5.75 Å². The van der Waals surface area contributed by atoms with E-state index in [1.54, 1.807) is 42.5 Å². The van der Waals surface area contributed by atoms with Crippen molar-refractivity contribution in [2.75, 3.05) is 18.2 Å². The van der Waals surface area contributed by atoms with Crippen LogP contribution in [0, 0.1) is 12.3 Å². The molecule has 0 fully saturated rings. The first-order valence-corrected chi connectivity index (χ1v) is 5.95. The van der Waals surface area contributed by atoms with Gasteiger partial charge in [0.15, 0.2) is 0 Å². The van der Waals surface area contributed by atoms with Gasteiger partial charge in [0.2, 0.25) is 0 Å². The minimum atomic E-state index is -0.252. The molecule has 0 heterocycles. The molecule has 0 saturated heterocycles. The highest BCUT2D eigenvalue weighted by atomic mass is 16.5. The zero-order valence-electron chi connectivity index (χ0n) is 11.0. The summed E-state index contributed by atoms with van der Waals surface area (Å²) in [5, 5.41) is 2.77. The maximum Gasteiger partial charge on any atom is 0.255 e. The maximum absolute atomic E-state index is 12.1. The average molecular weight is 266 g/mol. The highest BCUT2D eigenvalue weighted by Gasteiger charge is 2.09. The zero-order chi connectivity index (χ0) is 14.5. The van der Waals surface area contributed by atoms with Crippen molar-refractivity contribution in [1.29, 1.82) is 0 Å². The summed E-state index contributed by atoms with van der Waals surface area (Å²) in [5.41, 5.74) is 8.00. The number of hydrogen-bond donors (Lipinski definition) is 2. The van der Waals surface area contributed by atoms with Crippen molar-refractivity contribution in [2.45, 2.75) is 0 Å². The first-order chi connectivity index (χ1) is 9.63. The van der Waals surface area contributed by atoms with Crippen LogP contribution in [0.5, 0.6) is 5.75 Å². The molecule has 0 radical (unpaired) electrons. The molecule has 20 heavy (non-hydrogen) atoms. The van der Waals surface area contributed by atoms with E-state index in [1.807, 2.05) is 0 Å². The number of rotatable bonds is 3. The van der Waals surface area contributed by atoms with Gasteiger partial charge >= 0.3 is 0 Å². The summed E-state index contributed by atoms with van der Waals surface area (Å²) in [6, 6.07) is 11.9. The molecule has 4 nitrogen and oxygen atoms in total. The van der Waals surface area contributed by atoms with Gasteiger partial charge in [0.25, 0.3) is 5.91 Å². The summed E-state index contributed by atoms with van der Waals surface area (Å²) in [6.45, 7) is 0. The zero-order valence-corrected chi connectivity index (χ0v) is 11.0. The Morgan fingerprint density at radius 3 is 2.80 bits per heavy atom. The Kier molecular flexibility index (Phi) is 3.92. The lowest BCUT2D eigenvalue weighted by molar-refractivity contribution is 0.102. The number of methoxy groups -OCH3 is 1. The Labute approximate surface area is 117 Å². The van der Waals surface area contributed by atoms with E-state index < -0.39 is 0 Å². The number of carbonyl (C=O) groups is 1. The first-order valence-electron chi connectivity index (χ1n) is 5.95. The largest absolute Gasteiger partial charge is 0.495 e. The molecule has 0 spiro atoms. The van der Waals surface area contributed by atoms with Crippen molar-refractivity contribution in [3.63, 3.8) is 0 Å². The van der Waals surface area contributed by atoms with Crippen molar-refractivity contribution in [3.8, 4) is 18.1 Å². The highest BCUT2D eigenvalue weighted by Crippen LogP contribution is 2.22. The van der Waals surface area contributed by atoms with Crippen LogP contribution in [0.1, 0.15) is 15.9 Å². The number of amides is 1. The molecule has 0 unspecified atom stereocenters. The number of benzene rings is 2. The molecule has 0 atom stereocenters. The minimum Gasteiger partial charge on any atom is -0.495 e. The van der Waals surface area contributed by atoms with Gasteiger partial charge in [0.05, 0.1) is 12.8 Å². The predicted octanol–water partition coefficient (Wildman–Crippen LogP) is 2.51.